The van der Waals surface area contributed by atoms with Gasteiger partial charge >= 0.3 is 14.8 Å². The first-order valence-corrected chi connectivity index (χ1v) is 7.50. The van der Waals surface area contributed by atoms with Gasteiger partial charge in [0.1, 0.15) is 0 Å². The van der Waals surface area contributed by atoms with Gasteiger partial charge in [-0.2, -0.15) is 0 Å². The van der Waals surface area contributed by atoms with Crippen LogP contribution in [0.25, 0.3) is 0 Å². The molecular formula is C11H22O6Si. The van der Waals surface area contributed by atoms with Gasteiger partial charge in [-0.3, -0.25) is 0 Å². The lowest BCUT2D eigenvalue weighted by Crippen LogP contribution is -2.42. The molecule has 0 atom stereocenters. The van der Waals surface area contributed by atoms with Crippen LogP contribution in [0.1, 0.15) is 13.3 Å². The van der Waals surface area contributed by atoms with Gasteiger partial charge in [0.05, 0.1) is 6.61 Å². The van der Waals surface area contributed by atoms with Crippen molar-refractivity contribution in [3.05, 3.63) is 12.2 Å². The third-order valence-electron chi connectivity index (χ3n) is 2.33. The van der Waals surface area contributed by atoms with Gasteiger partial charge in [0, 0.05) is 32.9 Å². The highest BCUT2D eigenvalue weighted by atomic mass is 28.4. The second kappa shape index (κ2) is 9.23. The van der Waals surface area contributed by atoms with Crippen molar-refractivity contribution >= 4 is 14.8 Å². The minimum absolute atomic E-state index is 0.0762. The zero-order valence-electron chi connectivity index (χ0n) is 11.5. The van der Waals surface area contributed by atoms with Crippen molar-refractivity contribution in [3.8, 4) is 0 Å². The Balaban J connectivity index is 3.67. The van der Waals surface area contributed by atoms with E-state index >= 15 is 0 Å². The summed E-state index contributed by atoms with van der Waals surface area (Å²) in [4.78, 5) is 11.0. The molecule has 0 aromatic rings. The van der Waals surface area contributed by atoms with Gasteiger partial charge < -0.3 is 22.8 Å². The van der Waals surface area contributed by atoms with E-state index in [1.54, 1.807) is 28.3 Å². The summed E-state index contributed by atoms with van der Waals surface area (Å²) in [5, 5.41) is 0. The highest BCUT2D eigenvalue weighted by molar-refractivity contribution is 6.60. The molecule has 0 aliphatic rings. The Kier molecular flexibility index (Phi) is 8.85. The van der Waals surface area contributed by atoms with Crippen LogP contribution in [0.5, 0.6) is 0 Å². The van der Waals surface area contributed by atoms with Crippen LogP contribution >= 0.6 is 0 Å². The van der Waals surface area contributed by atoms with Gasteiger partial charge in [-0.25, -0.2) is 4.79 Å². The lowest BCUT2D eigenvalue weighted by atomic mass is 10.4. The molecule has 0 saturated carbocycles. The zero-order valence-corrected chi connectivity index (χ0v) is 12.5. The molecule has 0 aliphatic heterocycles. The fourth-order valence-corrected chi connectivity index (χ4v) is 2.91. The molecule has 6 nitrogen and oxygen atoms in total. The van der Waals surface area contributed by atoms with Gasteiger partial charge in [0.25, 0.3) is 0 Å². The van der Waals surface area contributed by atoms with Crippen LogP contribution < -0.4 is 0 Å². The second-order valence-corrected chi connectivity index (χ2v) is 6.73. The van der Waals surface area contributed by atoms with E-state index in [9.17, 15) is 4.79 Å². The molecule has 0 N–H and O–H groups in total. The van der Waals surface area contributed by atoms with E-state index in [-0.39, 0.29) is 6.79 Å². The third kappa shape index (κ3) is 6.27. The van der Waals surface area contributed by atoms with Crippen molar-refractivity contribution in [2.24, 2.45) is 0 Å². The predicted octanol–water partition coefficient (Wildman–Crippen LogP) is 1.35. The molecule has 106 valence electrons. The molecule has 0 unspecified atom stereocenters. The lowest BCUT2D eigenvalue weighted by molar-refractivity contribution is -0.151. The summed E-state index contributed by atoms with van der Waals surface area (Å²) < 4.78 is 25.7. The molecule has 18 heavy (non-hydrogen) atoms. The van der Waals surface area contributed by atoms with E-state index in [1.165, 1.54) is 0 Å². The summed E-state index contributed by atoms with van der Waals surface area (Å²) in [7, 11) is 2.17. The number of ether oxygens (including phenoxy) is 2. The maximum Gasteiger partial charge on any atom is 0.500 e. The normalized spacial score (nSPS) is 11.3. The molecule has 0 aliphatic carbocycles. The first-order chi connectivity index (χ1) is 8.51. The molecule has 0 saturated heterocycles. The number of carbonyl (C=O) groups is 1. The first kappa shape index (κ1) is 17.3. The van der Waals surface area contributed by atoms with Crippen molar-refractivity contribution in [1.29, 1.82) is 0 Å². The van der Waals surface area contributed by atoms with Crippen LogP contribution in [0.15, 0.2) is 12.2 Å². The van der Waals surface area contributed by atoms with Crippen molar-refractivity contribution in [1.82, 2.24) is 0 Å². The van der Waals surface area contributed by atoms with E-state index in [2.05, 4.69) is 6.58 Å². The van der Waals surface area contributed by atoms with E-state index in [0.29, 0.717) is 24.6 Å². The lowest BCUT2D eigenvalue weighted by Gasteiger charge is -2.24. The number of hydrogen-bond donors (Lipinski definition) is 0. The topological polar surface area (TPSA) is 63.2 Å². The maximum atomic E-state index is 11.0. The van der Waals surface area contributed by atoms with Gasteiger partial charge in [-0.05, 0) is 13.3 Å². The van der Waals surface area contributed by atoms with Crippen LogP contribution in [-0.4, -0.2) is 49.5 Å². The van der Waals surface area contributed by atoms with E-state index in [0.717, 1.165) is 0 Å². The molecule has 0 rings (SSSR count). The molecule has 0 amide bonds. The van der Waals surface area contributed by atoms with Crippen molar-refractivity contribution in [2.75, 3.05) is 34.7 Å². The summed E-state index contributed by atoms with van der Waals surface area (Å²) in [6.07, 6.45) is 0.701. The van der Waals surface area contributed by atoms with Crippen molar-refractivity contribution in [3.63, 3.8) is 0 Å². The first-order valence-electron chi connectivity index (χ1n) is 5.57. The number of esters is 1. The molecule has 7 heteroatoms. The Morgan fingerprint density at radius 3 is 2.17 bits per heavy atom. The molecule has 0 radical (unpaired) electrons. The fourth-order valence-electron chi connectivity index (χ4n) is 1.22. The fraction of sp³-hybridized carbons (Fsp3) is 0.727. The number of carbonyl (C=O) groups excluding carboxylic acids is 1. The van der Waals surface area contributed by atoms with Crippen LogP contribution in [0.3, 0.4) is 0 Å². The molecule has 0 spiro atoms. The average Bonchev–Trinajstić information content (AvgIpc) is 2.38. The Bertz CT molecular complexity index is 256. The number of hydrogen-bond acceptors (Lipinski definition) is 6. The van der Waals surface area contributed by atoms with Crippen LogP contribution in [-0.2, 0) is 27.5 Å². The SMILES string of the molecule is C=C(C)C(=O)OCOCCC[Si](OC)(OC)OC. The van der Waals surface area contributed by atoms with Crippen molar-refractivity contribution < 1.29 is 27.5 Å². The summed E-state index contributed by atoms with van der Waals surface area (Å²) in [5.41, 5.74) is 0.350. The quantitative estimate of drug-likeness (QED) is 0.198. The van der Waals surface area contributed by atoms with Gasteiger partial charge in [0.15, 0.2) is 6.79 Å². The highest BCUT2D eigenvalue weighted by Crippen LogP contribution is 2.14. The maximum absolute atomic E-state index is 11.0. The summed E-state index contributed by atoms with van der Waals surface area (Å²) >= 11 is 0. The molecular weight excluding hydrogens is 256 g/mol. The molecule has 0 bridgehead atoms. The van der Waals surface area contributed by atoms with Gasteiger partial charge in [0.2, 0.25) is 0 Å². The van der Waals surface area contributed by atoms with E-state index in [4.69, 9.17) is 22.8 Å². The summed E-state index contributed by atoms with van der Waals surface area (Å²) in [5.74, 6) is -0.454. The summed E-state index contributed by atoms with van der Waals surface area (Å²) in [6, 6.07) is 0.644. The Morgan fingerprint density at radius 1 is 1.17 bits per heavy atom. The Labute approximate surface area is 109 Å². The van der Waals surface area contributed by atoms with Crippen LogP contribution in [0, 0.1) is 0 Å². The summed E-state index contributed by atoms with van der Waals surface area (Å²) in [6.45, 7) is 5.41. The number of rotatable bonds is 10. The van der Waals surface area contributed by atoms with E-state index < -0.39 is 14.8 Å². The molecule has 0 aromatic carbocycles. The Hall–Kier alpha value is -0.733. The zero-order chi connectivity index (χ0) is 14.0. The minimum Gasteiger partial charge on any atom is -0.435 e. The van der Waals surface area contributed by atoms with Crippen LogP contribution in [0.2, 0.25) is 6.04 Å². The van der Waals surface area contributed by atoms with Crippen LogP contribution in [0.4, 0.5) is 0 Å². The predicted molar refractivity (Wildman–Crippen MR) is 67.9 cm³/mol. The minimum atomic E-state index is -2.52. The van der Waals surface area contributed by atoms with E-state index in [1.807, 2.05) is 0 Å². The van der Waals surface area contributed by atoms with Gasteiger partial charge in [-0.1, -0.05) is 6.58 Å². The van der Waals surface area contributed by atoms with Crippen molar-refractivity contribution in [2.45, 2.75) is 19.4 Å². The monoisotopic (exact) mass is 278 g/mol. The van der Waals surface area contributed by atoms with Gasteiger partial charge in [-0.15, -0.1) is 0 Å². The largest absolute Gasteiger partial charge is 0.500 e. The second-order valence-electron chi connectivity index (χ2n) is 3.64. The Morgan fingerprint density at radius 2 is 1.72 bits per heavy atom. The smallest absolute Gasteiger partial charge is 0.435 e. The molecule has 0 fully saturated rings. The standard InChI is InChI=1S/C11H22O6Si/c1-10(2)11(12)17-9-16-7-6-8-18(13-3,14-4)15-5/h1,6-9H2,2-5H3. The molecule has 0 aromatic heterocycles. The molecule has 0 heterocycles. The third-order valence-corrected chi connectivity index (χ3v) is 5.16. The average molecular weight is 278 g/mol. The highest BCUT2D eigenvalue weighted by Gasteiger charge is 2.36.